The number of amides is 1. The maximum atomic E-state index is 13.8. The van der Waals surface area contributed by atoms with Crippen molar-refractivity contribution < 1.29 is 22.3 Å². The van der Waals surface area contributed by atoms with E-state index in [1.807, 2.05) is 0 Å². The van der Waals surface area contributed by atoms with Crippen LogP contribution in [0, 0.1) is 5.82 Å². The Bertz CT molecular complexity index is 1170. The molecule has 9 heteroatoms. The topological polar surface area (TPSA) is 76.6 Å². The Kier molecular flexibility index (Phi) is 5.75. The largest absolute Gasteiger partial charge is 0.467 e. The minimum absolute atomic E-state index is 0.0229. The molecule has 1 aromatic heterocycles. The Morgan fingerprint density at radius 3 is 2.53 bits per heavy atom. The molecule has 3 aromatic rings. The van der Waals surface area contributed by atoms with Crippen molar-refractivity contribution in [2.45, 2.75) is 30.8 Å². The Labute approximate surface area is 178 Å². The number of halogens is 1. The van der Waals surface area contributed by atoms with E-state index in [4.69, 9.17) is 4.74 Å². The molecular formula is C21H21FN2O4S2. The smallest absolute Gasteiger partial charge is 0.274 e. The number of hydrogen-bond acceptors (Lipinski definition) is 6. The van der Waals surface area contributed by atoms with Crippen molar-refractivity contribution in [2.75, 3.05) is 18.8 Å². The lowest BCUT2D eigenvalue weighted by atomic mass is 10.1. The number of hydrogen-bond donors (Lipinski definition) is 0. The summed E-state index contributed by atoms with van der Waals surface area (Å²) < 4.78 is 44.3. The lowest BCUT2D eigenvalue weighted by Crippen LogP contribution is -2.41. The van der Waals surface area contributed by atoms with Crippen LogP contribution < -0.4 is 4.74 Å². The number of likely N-dealkylation sites (tertiary alicyclic amines) is 1. The average molecular weight is 449 g/mol. The maximum Gasteiger partial charge on any atom is 0.274 e. The van der Waals surface area contributed by atoms with E-state index in [1.165, 1.54) is 29.5 Å². The highest BCUT2D eigenvalue weighted by Gasteiger charge is 2.26. The quantitative estimate of drug-likeness (QED) is 0.591. The molecule has 0 saturated carbocycles. The number of thiazole rings is 1. The lowest BCUT2D eigenvalue weighted by molar-refractivity contribution is 0.0595. The molecule has 0 N–H and O–H groups in total. The number of piperidine rings is 1. The summed E-state index contributed by atoms with van der Waals surface area (Å²) >= 11 is 1.31. The predicted octanol–water partition coefficient (Wildman–Crippen LogP) is 3.91. The number of sulfone groups is 1. The first-order valence-corrected chi connectivity index (χ1v) is 12.2. The van der Waals surface area contributed by atoms with Gasteiger partial charge in [0.15, 0.2) is 9.84 Å². The van der Waals surface area contributed by atoms with Gasteiger partial charge in [-0.15, -0.1) is 0 Å². The van der Waals surface area contributed by atoms with Gasteiger partial charge < -0.3 is 9.64 Å². The maximum absolute atomic E-state index is 13.8. The standard InChI is InChI=1S/C21H21FN2O4S2/c1-2-30(26,27)16-8-6-14(7-9-16)20(25)24-12-10-15(11-13-24)28-21-23-19-17(22)4-3-5-18(19)29-21/h3-9,15H,2,10-13H2,1H3. The number of benzene rings is 2. The van der Waals surface area contributed by atoms with E-state index in [2.05, 4.69) is 4.98 Å². The molecule has 4 rings (SSSR count). The second-order valence-corrected chi connectivity index (χ2v) is 10.4. The molecule has 0 spiro atoms. The fourth-order valence-electron chi connectivity index (χ4n) is 3.42. The summed E-state index contributed by atoms with van der Waals surface area (Å²) in [5, 5.41) is 0.438. The van der Waals surface area contributed by atoms with Crippen LogP contribution in [0.3, 0.4) is 0 Å². The monoisotopic (exact) mass is 448 g/mol. The van der Waals surface area contributed by atoms with Crippen molar-refractivity contribution >= 4 is 37.3 Å². The normalized spacial score (nSPS) is 15.5. The van der Waals surface area contributed by atoms with Gasteiger partial charge in [-0.25, -0.2) is 12.8 Å². The number of rotatable bonds is 5. The van der Waals surface area contributed by atoms with E-state index in [0.717, 1.165) is 4.70 Å². The first kappa shape index (κ1) is 20.7. The fraction of sp³-hybridized carbons (Fsp3) is 0.333. The van der Waals surface area contributed by atoms with Crippen molar-refractivity contribution in [3.05, 3.63) is 53.8 Å². The Balaban J connectivity index is 1.36. The molecule has 0 aliphatic carbocycles. The molecule has 158 valence electrons. The van der Waals surface area contributed by atoms with Crippen molar-refractivity contribution in [3.63, 3.8) is 0 Å². The molecular weight excluding hydrogens is 427 g/mol. The highest BCUT2D eigenvalue weighted by molar-refractivity contribution is 7.91. The van der Waals surface area contributed by atoms with Gasteiger partial charge >= 0.3 is 0 Å². The lowest BCUT2D eigenvalue weighted by Gasteiger charge is -2.31. The zero-order valence-electron chi connectivity index (χ0n) is 16.4. The van der Waals surface area contributed by atoms with Gasteiger partial charge in [-0.1, -0.05) is 24.3 Å². The molecule has 1 aliphatic heterocycles. The number of aromatic nitrogens is 1. The summed E-state index contributed by atoms with van der Waals surface area (Å²) in [5.74, 6) is -0.470. The number of nitrogens with zero attached hydrogens (tertiary/aromatic N) is 2. The third kappa shape index (κ3) is 4.17. The number of carbonyl (C=O) groups excluding carboxylic acids is 1. The van der Waals surface area contributed by atoms with E-state index in [0.29, 0.717) is 42.2 Å². The van der Waals surface area contributed by atoms with Gasteiger partial charge in [0.05, 0.1) is 15.3 Å². The Morgan fingerprint density at radius 2 is 1.90 bits per heavy atom. The van der Waals surface area contributed by atoms with Crippen LogP contribution in [0.15, 0.2) is 47.4 Å². The van der Waals surface area contributed by atoms with E-state index in [1.54, 1.807) is 36.1 Å². The second kappa shape index (κ2) is 8.31. The highest BCUT2D eigenvalue weighted by atomic mass is 32.2. The van der Waals surface area contributed by atoms with Crippen LogP contribution in [0.4, 0.5) is 4.39 Å². The first-order valence-electron chi connectivity index (χ1n) is 9.71. The molecule has 1 aliphatic rings. The van der Waals surface area contributed by atoms with Crippen LogP contribution >= 0.6 is 11.3 Å². The molecule has 30 heavy (non-hydrogen) atoms. The molecule has 0 atom stereocenters. The zero-order chi connectivity index (χ0) is 21.3. The summed E-state index contributed by atoms with van der Waals surface area (Å²) in [7, 11) is -3.28. The molecule has 1 amide bonds. The number of ether oxygens (including phenoxy) is 1. The summed E-state index contributed by atoms with van der Waals surface area (Å²) in [4.78, 5) is 18.9. The van der Waals surface area contributed by atoms with Gasteiger partial charge in [-0.05, 0) is 36.4 Å². The molecule has 1 saturated heterocycles. The molecule has 0 radical (unpaired) electrons. The highest BCUT2D eigenvalue weighted by Crippen LogP contribution is 2.31. The molecule has 2 heterocycles. The summed E-state index contributed by atoms with van der Waals surface area (Å²) in [6.45, 7) is 2.64. The third-order valence-electron chi connectivity index (χ3n) is 5.19. The second-order valence-electron chi connectivity index (χ2n) is 7.10. The van der Waals surface area contributed by atoms with Gasteiger partial charge in [-0.3, -0.25) is 4.79 Å². The van der Waals surface area contributed by atoms with Crippen molar-refractivity contribution in [1.29, 1.82) is 0 Å². The van der Waals surface area contributed by atoms with Crippen molar-refractivity contribution in [2.24, 2.45) is 0 Å². The molecule has 0 unspecified atom stereocenters. The SMILES string of the molecule is CCS(=O)(=O)c1ccc(C(=O)N2CCC(Oc3nc4c(F)cccc4s3)CC2)cc1. The van der Waals surface area contributed by atoms with Crippen molar-refractivity contribution in [3.8, 4) is 5.19 Å². The molecule has 0 bridgehead atoms. The van der Waals surface area contributed by atoms with Gasteiger partial charge in [0.2, 0.25) is 0 Å². The Morgan fingerprint density at radius 1 is 1.20 bits per heavy atom. The number of carbonyl (C=O) groups is 1. The summed E-state index contributed by atoms with van der Waals surface area (Å²) in [6, 6.07) is 10.9. The van der Waals surface area contributed by atoms with Crippen LogP contribution in [-0.4, -0.2) is 49.2 Å². The van der Waals surface area contributed by atoms with E-state index < -0.39 is 9.84 Å². The Hall–Kier alpha value is -2.52. The van der Waals surface area contributed by atoms with Gasteiger partial charge in [0.1, 0.15) is 17.4 Å². The fourth-order valence-corrected chi connectivity index (χ4v) is 5.20. The van der Waals surface area contributed by atoms with Gasteiger partial charge in [0, 0.05) is 31.5 Å². The average Bonchev–Trinajstić information content (AvgIpc) is 3.18. The van der Waals surface area contributed by atoms with Gasteiger partial charge in [-0.2, -0.15) is 4.98 Å². The third-order valence-corrected chi connectivity index (χ3v) is 7.85. The minimum atomic E-state index is -3.28. The number of fused-ring (bicyclic) bond motifs is 1. The molecule has 6 nitrogen and oxygen atoms in total. The molecule has 2 aromatic carbocycles. The van der Waals surface area contributed by atoms with Crippen LogP contribution in [0.2, 0.25) is 0 Å². The van der Waals surface area contributed by atoms with Crippen molar-refractivity contribution in [1.82, 2.24) is 9.88 Å². The minimum Gasteiger partial charge on any atom is -0.467 e. The van der Waals surface area contributed by atoms with Crippen LogP contribution in [0.25, 0.3) is 10.2 Å². The van der Waals surface area contributed by atoms with Crippen LogP contribution in [0.1, 0.15) is 30.1 Å². The van der Waals surface area contributed by atoms with E-state index in [-0.39, 0.29) is 28.5 Å². The van der Waals surface area contributed by atoms with Crippen LogP contribution in [-0.2, 0) is 9.84 Å². The van der Waals surface area contributed by atoms with E-state index >= 15 is 0 Å². The van der Waals surface area contributed by atoms with E-state index in [9.17, 15) is 17.6 Å². The zero-order valence-corrected chi connectivity index (χ0v) is 18.0. The summed E-state index contributed by atoms with van der Waals surface area (Å²) in [5.41, 5.74) is 0.782. The number of para-hydroxylation sites is 1. The summed E-state index contributed by atoms with van der Waals surface area (Å²) in [6.07, 6.45) is 1.20. The van der Waals surface area contributed by atoms with Gasteiger partial charge in [0.25, 0.3) is 11.1 Å². The first-order chi connectivity index (χ1) is 14.4. The molecule has 1 fully saturated rings. The van der Waals surface area contributed by atoms with Crippen LogP contribution in [0.5, 0.6) is 5.19 Å². The predicted molar refractivity (Wildman–Crippen MR) is 113 cm³/mol.